The van der Waals surface area contributed by atoms with E-state index in [0.717, 1.165) is 16.6 Å². The largest absolute Gasteiger partial charge is 0.493 e. The molecule has 188 valence electrons. The number of rotatable bonds is 4. The van der Waals surface area contributed by atoms with Crippen LogP contribution in [0, 0.1) is 0 Å². The van der Waals surface area contributed by atoms with E-state index in [1.807, 2.05) is 35.8 Å². The fourth-order valence-corrected chi connectivity index (χ4v) is 5.61. The van der Waals surface area contributed by atoms with Crippen molar-refractivity contribution in [2.75, 3.05) is 18.5 Å². The predicted molar refractivity (Wildman–Crippen MR) is 138 cm³/mol. The Morgan fingerprint density at radius 2 is 2.05 bits per heavy atom. The lowest BCUT2D eigenvalue weighted by atomic mass is 9.72. The van der Waals surface area contributed by atoms with E-state index in [1.165, 1.54) is 0 Å². The third kappa shape index (κ3) is 3.99. The Morgan fingerprint density at radius 3 is 2.95 bits per heavy atom. The Balaban J connectivity index is 1.39. The number of nitrogens with one attached hydrogen (secondary N) is 1. The molecule has 1 N–H and O–H groups in total. The van der Waals surface area contributed by atoms with Crippen molar-refractivity contribution in [1.29, 1.82) is 0 Å². The van der Waals surface area contributed by atoms with Crippen molar-refractivity contribution >= 4 is 39.9 Å². The number of pyridine rings is 1. The fourth-order valence-electron chi connectivity index (χ4n) is 5.44. The van der Waals surface area contributed by atoms with E-state index in [0.29, 0.717) is 48.1 Å². The first-order chi connectivity index (χ1) is 18.0. The number of aromatic nitrogens is 4. The number of anilines is 1. The van der Waals surface area contributed by atoms with Gasteiger partial charge in [-0.2, -0.15) is 0 Å². The number of hydrogen-bond donors (Lipinski definition) is 1. The third-order valence-electron chi connectivity index (χ3n) is 7.44. The van der Waals surface area contributed by atoms with E-state index in [9.17, 15) is 9.59 Å². The lowest BCUT2D eigenvalue weighted by Crippen LogP contribution is -2.50. The van der Waals surface area contributed by atoms with Gasteiger partial charge in [0.15, 0.2) is 5.82 Å². The summed E-state index contributed by atoms with van der Waals surface area (Å²) < 4.78 is 7.84. The molecule has 0 spiro atoms. The molecule has 0 fully saturated rings. The van der Waals surface area contributed by atoms with Crippen LogP contribution in [0.1, 0.15) is 37.2 Å². The van der Waals surface area contributed by atoms with Gasteiger partial charge in [0.2, 0.25) is 11.8 Å². The van der Waals surface area contributed by atoms with Crippen molar-refractivity contribution in [2.24, 2.45) is 0 Å². The Kier molecular flexibility index (Phi) is 5.79. The quantitative estimate of drug-likeness (QED) is 0.437. The highest BCUT2D eigenvalue weighted by molar-refractivity contribution is 6.30. The van der Waals surface area contributed by atoms with Gasteiger partial charge in [0.25, 0.3) is 0 Å². The number of benzene rings is 2. The minimum absolute atomic E-state index is 0.0355. The van der Waals surface area contributed by atoms with Crippen molar-refractivity contribution in [3.8, 4) is 5.75 Å². The summed E-state index contributed by atoms with van der Waals surface area (Å²) >= 11 is 6.39. The summed E-state index contributed by atoms with van der Waals surface area (Å²) in [5.74, 6) is 0.857. The van der Waals surface area contributed by atoms with Crippen molar-refractivity contribution in [1.82, 2.24) is 24.6 Å². The number of carbonyl (C=O) groups is 2. The van der Waals surface area contributed by atoms with Gasteiger partial charge in [-0.3, -0.25) is 14.6 Å². The van der Waals surface area contributed by atoms with Gasteiger partial charge in [-0.25, -0.2) is 0 Å². The van der Waals surface area contributed by atoms with Crippen molar-refractivity contribution < 1.29 is 14.3 Å². The Hall–Kier alpha value is -3.98. The third-order valence-corrected chi connectivity index (χ3v) is 7.67. The number of halogens is 1. The van der Waals surface area contributed by atoms with Gasteiger partial charge in [-0.05, 0) is 25.1 Å². The first-order valence-electron chi connectivity index (χ1n) is 12.2. The van der Waals surface area contributed by atoms with E-state index in [-0.39, 0.29) is 24.3 Å². The van der Waals surface area contributed by atoms with Crippen LogP contribution in [0.3, 0.4) is 0 Å². The average molecular weight is 517 g/mol. The molecule has 0 saturated heterocycles. The van der Waals surface area contributed by atoms with Gasteiger partial charge in [0.1, 0.15) is 12.1 Å². The topological polar surface area (TPSA) is 102 Å². The Morgan fingerprint density at radius 1 is 1.19 bits per heavy atom. The van der Waals surface area contributed by atoms with Gasteiger partial charge < -0.3 is 19.5 Å². The lowest BCUT2D eigenvalue weighted by Gasteiger charge is -2.40. The van der Waals surface area contributed by atoms with Crippen molar-refractivity contribution in [2.45, 2.75) is 37.8 Å². The second-order valence-electron chi connectivity index (χ2n) is 9.51. The van der Waals surface area contributed by atoms with Crippen molar-refractivity contribution in [3.05, 3.63) is 77.6 Å². The van der Waals surface area contributed by atoms with E-state index in [4.69, 9.17) is 16.3 Å². The van der Waals surface area contributed by atoms with Gasteiger partial charge in [0.05, 0.1) is 29.9 Å². The summed E-state index contributed by atoms with van der Waals surface area (Å²) in [5.41, 5.74) is 0.0136. The molecule has 2 unspecified atom stereocenters. The average Bonchev–Trinajstić information content (AvgIpc) is 3.39. The van der Waals surface area contributed by atoms with Gasteiger partial charge in [-0.15, -0.1) is 10.2 Å². The highest BCUT2D eigenvalue weighted by Crippen LogP contribution is 2.44. The second-order valence-corrected chi connectivity index (χ2v) is 9.94. The molecular formula is C27H25ClN6O3. The minimum atomic E-state index is -1.18. The molecule has 2 amide bonds. The van der Waals surface area contributed by atoms with Crippen LogP contribution in [-0.4, -0.2) is 49.6 Å². The number of amides is 2. The van der Waals surface area contributed by atoms with Crippen LogP contribution < -0.4 is 10.1 Å². The zero-order valence-electron chi connectivity index (χ0n) is 20.2. The number of hydrogen-bond acceptors (Lipinski definition) is 6. The molecule has 2 atom stereocenters. The number of nitrogens with zero attached hydrogens (tertiary/aromatic N) is 5. The van der Waals surface area contributed by atoms with E-state index in [2.05, 4.69) is 20.5 Å². The standard InChI is InChI=1S/C27H25ClN6O3/c1-17-25-32-30-16-33(25)9-10-34(17)24(35)13-27(8-11-37-23-7-6-19(28)12-21(23)27)26(36)31-22-15-29-14-18-4-2-3-5-20(18)22/h2-7,12,14-17H,8-11,13H2,1H3,(H,31,36). The van der Waals surface area contributed by atoms with Gasteiger partial charge >= 0.3 is 0 Å². The number of ether oxygens (including phenoxy) is 1. The van der Waals surface area contributed by atoms with Crippen LogP contribution in [0.25, 0.3) is 10.8 Å². The summed E-state index contributed by atoms with van der Waals surface area (Å²) in [4.78, 5) is 34.2. The highest BCUT2D eigenvalue weighted by atomic mass is 35.5. The van der Waals surface area contributed by atoms with Crippen LogP contribution >= 0.6 is 11.6 Å². The number of fused-ring (bicyclic) bond motifs is 3. The zero-order chi connectivity index (χ0) is 25.6. The molecule has 2 aromatic heterocycles. The molecule has 37 heavy (non-hydrogen) atoms. The second kappa shape index (κ2) is 9.15. The molecular weight excluding hydrogens is 492 g/mol. The molecule has 0 saturated carbocycles. The molecule has 2 aliphatic rings. The SMILES string of the molecule is CC1c2nncn2CCN1C(=O)CC1(C(=O)Nc2cncc3ccccc23)CCOc2ccc(Cl)cc21. The zero-order valence-corrected chi connectivity index (χ0v) is 21.0. The molecule has 6 rings (SSSR count). The molecule has 2 aromatic carbocycles. The maximum absolute atomic E-state index is 14.2. The molecule has 0 aliphatic carbocycles. The predicted octanol–water partition coefficient (Wildman–Crippen LogP) is 4.13. The van der Waals surface area contributed by atoms with Crippen molar-refractivity contribution in [3.63, 3.8) is 0 Å². The monoisotopic (exact) mass is 516 g/mol. The highest BCUT2D eigenvalue weighted by Gasteiger charge is 2.48. The van der Waals surface area contributed by atoms with Crippen LogP contribution in [0.2, 0.25) is 5.02 Å². The molecule has 10 heteroatoms. The summed E-state index contributed by atoms with van der Waals surface area (Å²) in [6.45, 7) is 3.34. The maximum Gasteiger partial charge on any atom is 0.235 e. The van der Waals surface area contributed by atoms with E-state index < -0.39 is 5.41 Å². The number of carbonyl (C=O) groups excluding carboxylic acids is 2. The summed E-state index contributed by atoms with van der Waals surface area (Å²) in [6, 6.07) is 12.7. The first kappa shape index (κ1) is 23.4. The molecule has 4 aromatic rings. The molecule has 9 nitrogen and oxygen atoms in total. The molecule has 4 heterocycles. The fraction of sp³-hybridized carbons (Fsp3) is 0.296. The summed E-state index contributed by atoms with van der Waals surface area (Å²) in [5, 5.41) is 13.5. The smallest absolute Gasteiger partial charge is 0.235 e. The summed E-state index contributed by atoms with van der Waals surface area (Å²) in [6.07, 6.45) is 5.36. The molecule has 2 aliphatic heterocycles. The minimum Gasteiger partial charge on any atom is -0.493 e. The van der Waals surface area contributed by atoms with Crippen LogP contribution in [0.5, 0.6) is 5.75 Å². The normalized spacial score (nSPS) is 20.6. The van der Waals surface area contributed by atoms with Crippen LogP contribution in [-0.2, 0) is 21.5 Å². The van der Waals surface area contributed by atoms with Crippen LogP contribution in [0.15, 0.2) is 61.2 Å². The molecule has 0 bridgehead atoms. The van der Waals surface area contributed by atoms with E-state index in [1.54, 1.807) is 41.8 Å². The van der Waals surface area contributed by atoms with Crippen LogP contribution in [0.4, 0.5) is 5.69 Å². The molecule has 0 radical (unpaired) electrons. The van der Waals surface area contributed by atoms with Gasteiger partial charge in [-0.1, -0.05) is 35.9 Å². The summed E-state index contributed by atoms with van der Waals surface area (Å²) in [7, 11) is 0. The Bertz CT molecular complexity index is 1520. The Labute approximate surface area is 218 Å². The maximum atomic E-state index is 14.2. The first-order valence-corrected chi connectivity index (χ1v) is 12.6. The van der Waals surface area contributed by atoms with Gasteiger partial charge in [0, 0.05) is 53.5 Å². The van der Waals surface area contributed by atoms with E-state index >= 15 is 0 Å². The lowest BCUT2D eigenvalue weighted by molar-refractivity contribution is -0.139.